The number of carbonyl (C=O) groups excluding carboxylic acids is 2. The van der Waals surface area contributed by atoms with Crippen LogP contribution in [-0.4, -0.2) is 37.9 Å². The fraction of sp³-hybridized carbons (Fsp3) is 0.294. The first-order chi connectivity index (χ1) is 11.5. The first-order valence-electron chi connectivity index (χ1n) is 7.18. The maximum Gasteiger partial charge on any atom is 0.260 e. The highest BCUT2D eigenvalue weighted by Crippen LogP contribution is 2.32. The van der Waals surface area contributed by atoms with E-state index < -0.39 is 0 Å². The molecule has 2 rings (SSSR count). The van der Waals surface area contributed by atoms with E-state index in [1.54, 1.807) is 35.4 Å². The molecule has 0 bridgehead atoms. The number of methoxy groups -OCH3 is 1. The van der Waals surface area contributed by atoms with Crippen molar-refractivity contribution in [2.24, 2.45) is 0 Å². The fourth-order valence-corrected chi connectivity index (χ4v) is 3.41. The average molecular weight is 412 g/mol. The van der Waals surface area contributed by atoms with Crippen molar-refractivity contribution in [3.63, 3.8) is 0 Å². The van der Waals surface area contributed by atoms with Crippen LogP contribution in [0.5, 0.6) is 11.5 Å². The van der Waals surface area contributed by atoms with E-state index in [2.05, 4.69) is 15.9 Å². The van der Waals surface area contributed by atoms with Gasteiger partial charge in [-0.1, -0.05) is 0 Å². The van der Waals surface area contributed by atoms with Gasteiger partial charge in [0.2, 0.25) is 0 Å². The van der Waals surface area contributed by atoms with Gasteiger partial charge < -0.3 is 14.4 Å². The number of halogens is 1. The van der Waals surface area contributed by atoms with Crippen LogP contribution in [0.4, 0.5) is 0 Å². The summed E-state index contributed by atoms with van der Waals surface area (Å²) in [6.07, 6.45) is 0.712. The molecule has 7 heteroatoms. The molecule has 0 saturated carbocycles. The molecule has 0 N–H and O–H groups in total. The Morgan fingerprint density at radius 3 is 2.71 bits per heavy atom. The molecule has 0 atom stereocenters. The van der Waals surface area contributed by atoms with Gasteiger partial charge in [0, 0.05) is 22.0 Å². The largest absolute Gasteiger partial charge is 0.493 e. The number of hydrogen-bond donors (Lipinski definition) is 0. The second-order valence-corrected chi connectivity index (χ2v) is 7.06. The molecular weight excluding hydrogens is 394 g/mol. The summed E-state index contributed by atoms with van der Waals surface area (Å²) in [5.74, 6) is 0.661. The third kappa shape index (κ3) is 4.36. The maximum absolute atomic E-state index is 12.3. The van der Waals surface area contributed by atoms with Gasteiger partial charge in [0.1, 0.15) is 0 Å². The Morgan fingerprint density at radius 1 is 1.38 bits per heavy atom. The van der Waals surface area contributed by atoms with Crippen molar-refractivity contribution in [1.29, 1.82) is 0 Å². The van der Waals surface area contributed by atoms with Crippen molar-refractivity contribution < 1.29 is 19.1 Å². The number of rotatable bonds is 7. The summed E-state index contributed by atoms with van der Waals surface area (Å²) < 4.78 is 11.4. The lowest BCUT2D eigenvalue weighted by molar-refractivity contribution is -0.132. The molecule has 0 unspecified atom stereocenters. The van der Waals surface area contributed by atoms with Gasteiger partial charge in [-0.05, 0) is 52.0 Å². The van der Waals surface area contributed by atoms with Crippen LogP contribution in [0.15, 0.2) is 28.1 Å². The van der Waals surface area contributed by atoms with Crippen molar-refractivity contribution in [2.45, 2.75) is 13.5 Å². The van der Waals surface area contributed by atoms with Crippen molar-refractivity contribution in [3.05, 3.63) is 44.1 Å². The Morgan fingerprint density at radius 2 is 2.12 bits per heavy atom. The van der Waals surface area contributed by atoms with Gasteiger partial charge in [0.25, 0.3) is 5.91 Å². The second-order valence-electron chi connectivity index (χ2n) is 5.21. The standard InChI is InChI=1S/C17H18BrNO4S/c1-11-4-5-24-16(11)8-19(2)17(21)10-23-15-6-12(9-20)13(18)7-14(15)22-3/h4-7,9H,8,10H2,1-3H3. The van der Waals surface area contributed by atoms with Crippen LogP contribution in [-0.2, 0) is 11.3 Å². The summed E-state index contributed by atoms with van der Waals surface area (Å²) >= 11 is 4.91. The van der Waals surface area contributed by atoms with Gasteiger partial charge in [-0.15, -0.1) is 11.3 Å². The van der Waals surface area contributed by atoms with E-state index in [0.717, 1.165) is 4.88 Å². The van der Waals surface area contributed by atoms with E-state index in [-0.39, 0.29) is 12.5 Å². The van der Waals surface area contributed by atoms with Gasteiger partial charge in [-0.2, -0.15) is 0 Å². The number of amides is 1. The fourth-order valence-electron chi connectivity index (χ4n) is 2.03. The predicted octanol–water partition coefficient (Wildman–Crippen LogP) is 3.68. The van der Waals surface area contributed by atoms with Gasteiger partial charge in [-0.25, -0.2) is 0 Å². The highest BCUT2D eigenvalue weighted by atomic mass is 79.9. The SMILES string of the molecule is COc1cc(Br)c(C=O)cc1OCC(=O)N(C)Cc1sccc1C. The number of thiophene rings is 1. The molecule has 0 aliphatic carbocycles. The highest BCUT2D eigenvalue weighted by molar-refractivity contribution is 9.10. The van der Waals surface area contributed by atoms with Gasteiger partial charge >= 0.3 is 0 Å². The predicted molar refractivity (Wildman–Crippen MR) is 97.1 cm³/mol. The molecule has 0 radical (unpaired) electrons. The van der Waals surface area contributed by atoms with Crippen LogP contribution in [0.2, 0.25) is 0 Å². The number of ether oxygens (including phenoxy) is 2. The monoisotopic (exact) mass is 411 g/mol. The second kappa shape index (κ2) is 8.30. The van der Waals surface area contributed by atoms with Crippen LogP contribution in [0.25, 0.3) is 0 Å². The quantitative estimate of drug-likeness (QED) is 0.652. The van der Waals surface area contributed by atoms with Crippen LogP contribution >= 0.6 is 27.3 Å². The first-order valence-corrected chi connectivity index (χ1v) is 8.86. The van der Waals surface area contributed by atoms with Crippen LogP contribution in [0, 0.1) is 6.92 Å². The summed E-state index contributed by atoms with van der Waals surface area (Å²) in [6, 6.07) is 5.22. The molecule has 0 aliphatic heterocycles. The Labute approximate surface area is 153 Å². The normalized spacial score (nSPS) is 10.3. The minimum absolute atomic E-state index is 0.128. The molecule has 5 nitrogen and oxygen atoms in total. The number of hydrogen-bond acceptors (Lipinski definition) is 5. The Bertz CT molecular complexity index is 744. The molecule has 1 amide bonds. The summed E-state index contributed by atoms with van der Waals surface area (Å²) in [6.45, 7) is 2.44. The third-order valence-electron chi connectivity index (χ3n) is 3.54. The molecular formula is C17H18BrNO4S. The molecule has 0 spiro atoms. The number of benzene rings is 1. The lowest BCUT2D eigenvalue weighted by Crippen LogP contribution is -2.30. The Hall–Kier alpha value is -1.86. The zero-order chi connectivity index (χ0) is 17.7. The molecule has 1 aromatic heterocycles. The number of carbonyl (C=O) groups is 2. The van der Waals surface area contributed by atoms with Crippen LogP contribution in [0.1, 0.15) is 20.8 Å². The number of likely N-dealkylation sites (N-methyl/N-ethyl adjacent to an activating group) is 1. The summed E-state index contributed by atoms with van der Waals surface area (Å²) in [5.41, 5.74) is 1.60. The Kier molecular flexibility index (Phi) is 6.39. The highest BCUT2D eigenvalue weighted by Gasteiger charge is 2.15. The molecule has 1 heterocycles. The van der Waals surface area contributed by atoms with Gasteiger partial charge in [0.15, 0.2) is 24.4 Å². The van der Waals surface area contributed by atoms with E-state index >= 15 is 0 Å². The van der Waals surface area contributed by atoms with Crippen LogP contribution < -0.4 is 9.47 Å². The molecule has 0 saturated heterocycles. The summed E-state index contributed by atoms with van der Waals surface area (Å²) in [7, 11) is 3.24. The van der Waals surface area contributed by atoms with E-state index in [1.807, 2.05) is 18.4 Å². The molecule has 128 valence electrons. The first kappa shape index (κ1) is 18.5. The molecule has 24 heavy (non-hydrogen) atoms. The summed E-state index contributed by atoms with van der Waals surface area (Å²) in [5, 5.41) is 2.01. The number of nitrogens with zero attached hydrogens (tertiary/aromatic N) is 1. The third-order valence-corrected chi connectivity index (χ3v) is 5.23. The van der Waals surface area contributed by atoms with E-state index in [9.17, 15) is 9.59 Å². The number of aryl methyl sites for hydroxylation is 1. The Balaban J connectivity index is 2.03. The minimum Gasteiger partial charge on any atom is -0.493 e. The van der Waals surface area contributed by atoms with Crippen molar-refractivity contribution >= 4 is 39.5 Å². The lowest BCUT2D eigenvalue weighted by Gasteiger charge is -2.18. The topological polar surface area (TPSA) is 55.8 Å². The molecule has 0 aliphatic rings. The van der Waals surface area contributed by atoms with E-state index in [0.29, 0.717) is 34.4 Å². The molecule has 1 aromatic carbocycles. The van der Waals surface area contributed by atoms with E-state index in [1.165, 1.54) is 12.7 Å². The molecule has 2 aromatic rings. The minimum atomic E-state index is -0.152. The smallest absolute Gasteiger partial charge is 0.260 e. The van der Waals surface area contributed by atoms with Crippen molar-refractivity contribution in [1.82, 2.24) is 4.90 Å². The van der Waals surface area contributed by atoms with Gasteiger partial charge in [0.05, 0.1) is 13.7 Å². The molecule has 0 fully saturated rings. The summed E-state index contributed by atoms with van der Waals surface area (Å²) in [4.78, 5) is 26.1. The van der Waals surface area contributed by atoms with Crippen LogP contribution in [0.3, 0.4) is 0 Å². The average Bonchev–Trinajstić information content (AvgIpc) is 2.97. The zero-order valence-electron chi connectivity index (χ0n) is 13.7. The maximum atomic E-state index is 12.3. The lowest BCUT2D eigenvalue weighted by atomic mass is 10.2. The van der Waals surface area contributed by atoms with Crippen molar-refractivity contribution in [2.75, 3.05) is 20.8 Å². The van der Waals surface area contributed by atoms with Crippen molar-refractivity contribution in [3.8, 4) is 11.5 Å². The van der Waals surface area contributed by atoms with E-state index in [4.69, 9.17) is 9.47 Å². The van der Waals surface area contributed by atoms with Gasteiger partial charge in [-0.3, -0.25) is 9.59 Å². The zero-order valence-corrected chi connectivity index (χ0v) is 16.1. The number of aldehydes is 1.